The number of hydrogen-bond donors (Lipinski definition) is 0. The second-order valence-corrected chi connectivity index (χ2v) is 11.0. The predicted molar refractivity (Wildman–Crippen MR) is 140 cm³/mol. The van der Waals surface area contributed by atoms with Crippen LogP contribution in [0.25, 0.3) is 0 Å². The SMILES string of the molecule is CC(C)CC(=O)N1CCCN(C(C)C)CCN(C(=O)CCN2CCCC2)Cc2ccc(Cl)cc21. The molecular formula is C27H43ClN4O2. The van der Waals surface area contributed by atoms with E-state index in [1.165, 1.54) is 12.8 Å². The standard InChI is InChI=1S/C27H43ClN4O2/c1-21(2)18-27(34)32-14-7-13-30(22(3)4)16-17-31(20-23-8-9-24(28)19-25(23)32)26(33)10-15-29-11-5-6-12-29/h8-9,19,21-22H,5-7,10-18,20H2,1-4H3. The number of anilines is 1. The fraction of sp³-hybridized carbons (Fsp3) is 0.704. The van der Waals surface area contributed by atoms with E-state index < -0.39 is 0 Å². The topological polar surface area (TPSA) is 47.1 Å². The van der Waals surface area contributed by atoms with Gasteiger partial charge in [-0.15, -0.1) is 0 Å². The molecule has 0 spiro atoms. The van der Waals surface area contributed by atoms with Gasteiger partial charge in [-0.25, -0.2) is 0 Å². The Hall–Kier alpha value is -1.63. The molecule has 34 heavy (non-hydrogen) atoms. The van der Waals surface area contributed by atoms with Crippen molar-refractivity contribution in [3.8, 4) is 0 Å². The van der Waals surface area contributed by atoms with E-state index in [4.69, 9.17) is 11.6 Å². The second kappa shape index (κ2) is 12.9. The monoisotopic (exact) mass is 490 g/mol. The van der Waals surface area contributed by atoms with Crippen LogP contribution in [0.1, 0.15) is 65.4 Å². The van der Waals surface area contributed by atoms with Crippen LogP contribution in [0.15, 0.2) is 18.2 Å². The number of likely N-dealkylation sites (tertiary alicyclic amines) is 1. The molecule has 190 valence electrons. The summed E-state index contributed by atoms with van der Waals surface area (Å²) in [7, 11) is 0. The van der Waals surface area contributed by atoms with Crippen LogP contribution >= 0.6 is 11.6 Å². The quantitative estimate of drug-likeness (QED) is 0.582. The molecule has 2 heterocycles. The molecule has 0 N–H and O–H groups in total. The van der Waals surface area contributed by atoms with Crippen molar-refractivity contribution in [3.05, 3.63) is 28.8 Å². The highest BCUT2D eigenvalue weighted by Gasteiger charge is 2.25. The van der Waals surface area contributed by atoms with Crippen molar-refractivity contribution in [1.82, 2.24) is 14.7 Å². The van der Waals surface area contributed by atoms with E-state index in [2.05, 4.69) is 37.5 Å². The van der Waals surface area contributed by atoms with Gasteiger partial charge in [-0.05, 0) is 69.8 Å². The molecule has 0 bridgehead atoms. The van der Waals surface area contributed by atoms with Crippen LogP contribution in [0.4, 0.5) is 5.69 Å². The third-order valence-corrected chi connectivity index (χ3v) is 7.23. The molecule has 0 saturated carbocycles. The summed E-state index contributed by atoms with van der Waals surface area (Å²) in [4.78, 5) is 35.4. The normalized spacial score (nSPS) is 18.9. The molecule has 2 aliphatic rings. The molecule has 1 aromatic rings. The lowest BCUT2D eigenvalue weighted by atomic mass is 10.1. The highest BCUT2D eigenvalue weighted by atomic mass is 35.5. The minimum atomic E-state index is 0.126. The summed E-state index contributed by atoms with van der Waals surface area (Å²) in [5.41, 5.74) is 1.85. The first kappa shape index (κ1) is 27.0. The molecule has 0 aromatic heterocycles. The molecule has 3 rings (SSSR count). The Kier molecular flexibility index (Phi) is 10.2. The van der Waals surface area contributed by atoms with Crippen LogP contribution in [0.5, 0.6) is 0 Å². The number of fused-ring (bicyclic) bond motifs is 1. The van der Waals surface area contributed by atoms with Gasteiger partial charge >= 0.3 is 0 Å². The van der Waals surface area contributed by atoms with Crippen LogP contribution in [0.2, 0.25) is 5.02 Å². The Labute approximate surface area is 211 Å². The number of hydrogen-bond acceptors (Lipinski definition) is 4. The molecular weight excluding hydrogens is 448 g/mol. The van der Waals surface area contributed by atoms with Gasteiger partial charge in [0.2, 0.25) is 11.8 Å². The van der Waals surface area contributed by atoms with E-state index in [0.717, 1.165) is 50.4 Å². The zero-order valence-corrected chi connectivity index (χ0v) is 22.3. The number of halogens is 1. The molecule has 1 fully saturated rings. The lowest BCUT2D eigenvalue weighted by Gasteiger charge is -2.30. The van der Waals surface area contributed by atoms with Crippen LogP contribution in [-0.2, 0) is 16.1 Å². The van der Waals surface area contributed by atoms with E-state index in [1.807, 2.05) is 28.0 Å². The summed E-state index contributed by atoms with van der Waals surface area (Å²) in [6.45, 7) is 15.2. The van der Waals surface area contributed by atoms with E-state index in [-0.39, 0.29) is 17.7 Å². The lowest BCUT2D eigenvalue weighted by molar-refractivity contribution is -0.132. The van der Waals surface area contributed by atoms with Gasteiger partial charge in [0.25, 0.3) is 0 Å². The zero-order valence-electron chi connectivity index (χ0n) is 21.6. The number of benzene rings is 1. The predicted octanol–water partition coefficient (Wildman–Crippen LogP) is 4.65. The fourth-order valence-electron chi connectivity index (χ4n) is 4.99. The van der Waals surface area contributed by atoms with Gasteiger partial charge in [-0.2, -0.15) is 0 Å². The number of amides is 2. The molecule has 0 atom stereocenters. The minimum absolute atomic E-state index is 0.126. The summed E-state index contributed by atoms with van der Waals surface area (Å²) < 4.78 is 0. The van der Waals surface area contributed by atoms with Crippen molar-refractivity contribution < 1.29 is 9.59 Å². The maximum atomic E-state index is 13.4. The van der Waals surface area contributed by atoms with Gasteiger partial charge in [-0.3, -0.25) is 14.5 Å². The van der Waals surface area contributed by atoms with E-state index in [1.54, 1.807) is 0 Å². The summed E-state index contributed by atoms with van der Waals surface area (Å²) in [6, 6.07) is 6.16. The van der Waals surface area contributed by atoms with Crippen LogP contribution in [0, 0.1) is 5.92 Å². The Morgan fingerprint density at radius 2 is 1.65 bits per heavy atom. The van der Waals surface area contributed by atoms with Crippen LogP contribution in [-0.4, -0.2) is 78.4 Å². The van der Waals surface area contributed by atoms with Gasteiger partial charge in [0.1, 0.15) is 0 Å². The fourth-order valence-corrected chi connectivity index (χ4v) is 5.15. The molecule has 7 heteroatoms. The third-order valence-electron chi connectivity index (χ3n) is 6.99. The number of carbonyl (C=O) groups excluding carboxylic acids is 2. The molecule has 0 radical (unpaired) electrons. The molecule has 0 aliphatic carbocycles. The Morgan fingerprint density at radius 3 is 2.32 bits per heavy atom. The van der Waals surface area contributed by atoms with Crippen LogP contribution < -0.4 is 4.90 Å². The molecule has 2 aliphatic heterocycles. The van der Waals surface area contributed by atoms with E-state index in [9.17, 15) is 9.59 Å². The third kappa shape index (κ3) is 7.69. The lowest BCUT2D eigenvalue weighted by Crippen LogP contribution is -2.42. The Morgan fingerprint density at radius 1 is 0.912 bits per heavy atom. The second-order valence-electron chi connectivity index (χ2n) is 10.5. The van der Waals surface area contributed by atoms with E-state index >= 15 is 0 Å². The first-order chi connectivity index (χ1) is 16.2. The van der Waals surface area contributed by atoms with Crippen molar-refractivity contribution in [3.63, 3.8) is 0 Å². The number of nitrogens with zero attached hydrogens (tertiary/aromatic N) is 4. The van der Waals surface area contributed by atoms with Crippen molar-refractivity contribution >= 4 is 29.1 Å². The first-order valence-electron chi connectivity index (χ1n) is 13.1. The maximum absolute atomic E-state index is 13.4. The van der Waals surface area contributed by atoms with Gasteiger partial charge in [0.15, 0.2) is 0 Å². The van der Waals surface area contributed by atoms with Crippen LogP contribution in [0.3, 0.4) is 0 Å². The average molecular weight is 491 g/mol. The summed E-state index contributed by atoms with van der Waals surface area (Å²) in [5, 5.41) is 0.617. The molecule has 1 aromatic carbocycles. The summed E-state index contributed by atoms with van der Waals surface area (Å²) >= 11 is 6.41. The van der Waals surface area contributed by atoms with Gasteiger partial charge < -0.3 is 14.7 Å². The van der Waals surface area contributed by atoms with Crippen molar-refractivity contribution in [2.45, 2.75) is 72.4 Å². The Balaban J connectivity index is 1.88. The Bertz CT molecular complexity index is 823. The first-order valence-corrected chi connectivity index (χ1v) is 13.5. The van der Waals surface area contributed by atoms with Gasteiger partial charge in [-0.1, -0.05) is 31.5 Å². The molecule has 6 nitrogen and oxygen atoms in total. The minimum Gasteiger partial charge on any atom is -0.337 e. The molecule has 2 amide bonds. The van der Waals surface area contributed by atoms with Gasteiger partial charge in [0.05, 0.1) is 5.69 Å². The highest BCUT2D eigenvalue weighted by Crippen LogP contribution is 2.29. The number of rotatable bonds is 6. The highest BCUT2D eigenvalue weighted by molar-refractivity contribution is 6.31. The van der Waals surface area contributed by atoms with Crippen molar-refractivity contribution in [2.75, 3.05) is 50.7 Å². The van der Waals surface area contributed by atoms with Gasteiger partial charge in [0, 0.05) is 63.2 Å². The van der Waals surface area contributed by atoms with E-state index in [0.29, 0.717) is 43.5 Å². The summed E-state index contributed by atoms with van der Waals surface area (Å²) in [6.07, 6.45) is 4.39. The van der Waals surface area contributed by atoms with Crippen molar-refractivity contribution in [1.29, 1.82) is 0 Å². The average Bonchev–Trinajstić information content (AvgIpc) is 3.28. The zero-order chi connectivity index (χ0) is 24.7. The summed E-state index contributed by atoms with van der Waals surface area (Å²) in [5.74, 6) is 0.598. The smallest absolute Gasteiger partial charge is 0.227 e. The molecule has 1 saturated heterocycles. The molecule has 0 unspecified atom stereocenters. The van der Waals surface area contributed by atoms with Crippen molar-refractivity contribution in [2.24, 2.45) is 5.92 Å². The largest absolute Gasteiger partial charge is 0.337 e. The number of carbonyl (C=O) groups is 2. The maximum Gasteiger partial charge on any atom is 0.227 e.